The fourth-order valence-electron chi connectivity index (χ4n) is 3.10. The van der Waals surface area contributed by atoms with Gasteiger partial charge in [-0.25, -0.2) is 0 Å². The standard InChI is InChI=1S/C18H26N2O/c1-13(19-10-11-20-18(21)15-7-8-15)16-9-6-14-4-2-3-5-17(14)12-16/h6,9,12-13,15,19H,2-5,7-8,10-11H2,1H3,(H,20,21). The van der Waals surface area contributed by atoms with E-state index >= 15 is 0 Å². The monoisotopic (exact) mass is 286 g/mol. The molecule has 2 aliphatic rings. The van der Waals surface area contributed by atoms with Gasteiger partial charge in [0.1, 0.15) is 0 Å². The van der Waals surface area contributed by atoms with Crippen LogP contribution in [-0.2, 0) is 17.6 Å². The van der Waals surface area contributed by atoms with E-state index in [1.165, 1.54) is 42.4 Å². The fraction of sp³-hybridized carbons (Fsp3) is 0.611. The van der Waals surface area contributed by atoms with Crippen molar-refractivity contribution < 1.29 is 4.79 Å². The lowest BCUT2D eigenvalue weighted by Crippen LogP contribution is -2.33. The van der Waals surface area contributed by atoms with Crippen LogP contribution in [0.5, 0.6) is 0 Å². The fourth-order valence-corrected chi connectivity index (χ4v) is 3.10. The zero-order chi connectivity index (χ0) is 14.7. The topological polar surface area (TPSA) is 41.1 Å². The van der Waals surface area contributed by atoms with Crippen molar-refractivity contribution in [3.8, 4) is 0 Å². The number of nitrogens with one attached hydrogen (secondary N) is 2. The third-order valence-electron chi connectivity index (χ3n) is 4.70. The lowest BCUT2D eigenvalue weighted by Gasteiger charge is -2.20. The summed E-state index contributed by atoms with van der Waals surface area (Å²) in [6, 6.07) is 7.27. The molecule has 1 aromatic carbocycles. The van der Waals surface area contributed by atoms with E-state index < -0.39 is 0 Å². The first-order valence-corrected chi connectivity index (χ1v) is 8.37. The molecule has 114 valence electrons. The second kappa shape index (κ2) is 6.61. The van der Waals surface area contributed by atoms with Crippen LogP contribution in [0.2, 0.25) is 0 Å². The number of amides is 1. The predicted molar refractivity (Wildman–Crippen MR) is 85.2 cm³/mol. The van der Waals surface area contributed by atoms with E-state index in [-0.39, 0.29) is 5.91 Å². The first-order valence-electron chi connectivity index (χ1n) is 8.37. The molecule has 0 radical (unpaired) electrons. The van der Waals surface area contributed by atoms with Crippen LogP contribution in [0.3, 0.4) is 0 Å². The van der Waals surface area contributed by atoms with Crippen LogP contribution < -0.4 is 10.6 Å². The van der Waals surface area contributed by atoms with Gasteiger partial charge >= 0.3 is 0 Å². The summed E-state index contributed by atoms with van der Waals surface area (Å²) in [5, 5.41) is 6.51. The summed E-state index contributed by atoms with van der Waals surface area (Å²) in [6.45, 7) is 3.76. The average molecular weight is 286 g/mol. The molecular weight excluding hydrogens is 260 g/mol. The summed E-state index contributed by atoms with van der Waals surface area (Å²) < 4.78 is 0. The quantitative estimate of drug-likeness (QED) is 0.790. The number of fused-ring (bicyclic) bond motifs is 1. The SMILES string of the molecule is CC(NCCNC(=O)C1CC1)c1ccc2c(c1)CCCC2. The first-order chi connectivity index (χ1) is 10.2. The van der Waals surface area contributed by atoms with Gasteiger partial charge < -0.3 is 10.6 Å². The molecule has 2 aliphatic carbocycles. The van der Waals surface area contributed by atoms with Gasteiger partial charge in [0, 0.05) is 25.0 Å². The normalized spacial score (nSPS) is 18.9. The van der Waals surface area contributed by atoms with Gasteiger partial charge in [-0.3, -0.25) is 4.79 Å². The van der Waals surface area contributed by atoms with Crippen LogP contribution in [0.25, 0.3) is 0 Å². The van der Waals surface area contributed by atoms with Gasteiger partial charge in [0.2, 0.25) is 5.91 Å². The minimum absolute atomic E-state index is 0.234. The zero-order valence-corrected chi connectivity index (χ0v) is 13.0. The highest BCUT2D eigenvalue weighted by Gasteiger charge is 2.28. The predicted octanol–water partition coefficient (Wildman–Crippen LogP) is 2.74. The van der Waals surface area contributed by atoms with Crippen molar-refractivity contribution in [3.05, 3.63) is 34.9 Å². The van der Waals surface area contributed by atoms with Gasteiger partial charge in [0.15, 0.2) is 0 Å². The van der Waals surface area contributed by atoms with Crippen molar-refractivity contribution in [2.24, 2.45) is 5.92 Å². The molecule has 0 saturated heterocycles. The summed E-state index contributed by atoms with van der Waals surface area (Å²) in [7, 11) is 0. The summed E-state index contributed by atoms with van der Waals surface area (Å²) in [6.07, 6.45) is 7.28. The van der Waals surface area contributed by atoms with E-state index in [2.05, 4.69) is 35.8 Å². The lowest BCUT2D eigenvalue weighted by molar-refractivity contribution is -0.122. The Hall–Kier alpha value is -1.35. The molecule has 1 atom stereocenters. The number of hydrogen-bond donors (Lipinski definition) is 2. The average Bonchev–Trinajstić information content (AvgIpc) is 3.35. The van der Waals surface area contributed by atoms with Crippen molar-refractivity contribution in [1.82, 2.24) is 10.6 Å². The number of benzene rings is 1. The number of hydrogen-bond acceptors (Lipinski definition) is 2. The molecule has 0 aromatic heterocycles. The molecule has 0 heterocycles. The maximum Gasteiger partial charge on any atom is 0.223 e. The zero-order valence-electron chi connectivity index (χ0n) is 13.0. The highest BCUT2D eigenvalue weighted by molar-refractivity contribution is 5.80. The van der Waals surface area contributed by atoms with Crippen LogP contribution in [0.4, 0.5) is 0 Å². The molecule has 21 heavy (non-hydrogen) atoms. The Bertz CT molecular complexity index is 508. The highest BCUT2D eigenvalue weighted by Crippen LogP contribution is 2.28. The van der Waals surface area contributed by atoms with Gasteiger partial charge in [-0.15, -0.1) is 0 Å². The van der Waals surface area contributed by atoms with Crippen molar-refractivity contribution >= 4 is 5.91 Å². The highest BCUT2D eigenvalue weighted by atomic mass is 16.2. The first kappa shape index (κ1) is 14.6. The van der Waals surface area contributed by atoms with E-state index in [0.29, 0.717) is 12.0 Å². The molecule has 3 rings (SSSR count). The van der Waals surface area contributed by atoms with Gasteiger partial charge in [-0.2, -0.15) is 0 Å². The maximum absolute atomic E-state index is 11.5. The van der Waals surface area contributed by atoms with E-state index in [4.69, 9.17) is 0 Å². The van der Waals surface area contributed by atoms with E-state index in [0.717, 1.165) is 25.9 Å². The van der Waals surface area contributed by atoms with Gasteiger partial charge in [0.25, 0.3) is 0 Å². The third kappa shape index (κ3) is 3.85. The summed E-state index contributed by atoms with van der Waals surface area (Å²) in [5.74, 6) is 0.543. The smallest absolute Gasteiger partial charge is 0.223 e. The molecule has 2 N–H and O–H groups in total. The van der Waals surface area contributed by atoms with Crippen LogP contribution in [0.15, 0.2) is 18.2 Å². The van der Waals surface area contributed by atoms with Crippen LogP contribution >= 0.6 is 0 Å². The Balaban J connectivity index is 1.46. The van der Waals surface area contributed by atoms with E-state index in [1.54, 1.807) is 0 Å². The number of carbonyl (C=O) groups excluding carboxylic acids is 1. The van der Waals surface area contributed by atoms with Crippen molar-refractivity contribution in [1.29, 1.82) is 0 Å². The molecule has 3 nitrogen and oxygen atoms in total. The molecule has 0 spiro atoms. The second-order valence-electron chi connectivity index (χ2n) is 6.48. The Kier molecular flexibility index (Phi) is 4.59. The minimum Gasteiger partial charge on any atom is -0.355 e. The number of carbonyl (C=O) groups is 1. The Morgan fingerprint density at radius 1 is 1.19 bits per heavy atom. The van der Waals surface area contributed by atoms with Crippen LogP contribution in [0, 0.1) is 5.92 Å². The third-order valence-corrected chi connectivity index (χ3v) is 4.70. The molecule has 1 amide bonds. The van der Waals surface area contributed by atoms with Crippen molar-refractivity contribution in [2.45, 2.75) is 51.5 Å². The molecule has 0 aliphatic heterocycles. The largest absolute Gasteiger partial charge is 0.355 e. The number of rotatable bonds is 6. The van der Waals surface area contributed by atoms with Gasteiger partial charge in [0.05, 0.1) is 0 Å². The second-order valence-corrected chi connectivity index (χ2v) is 6.48. The van der Waals surface area contributed by atoms with Gasteiger partial charge in [-0.05, 0) is 62.1 Å². The minimum atomic E-state index is 0.234. The summed E-state index contributed by atoms with van der Waals surface area (Å²) in [5.41, 5.74) is 4.44. The summed E-state index contributed by atoms with van der Waals surface area (Å²) >= 11 is 0. The Labute approximate surface area is 127 Å². The molecule has 3 heteroatoms. The molecular formula is C18H26N2O. The maximum atomic E-state index is 11.5. The molecule has 0 bridgehead atoms. The van der Waals surface area contributed by atoms with Gasteiger partial charge in [-0.1, -0.05) is 18.2 Å². The molecule has 1 aromatic rings. The lowest BCUT2D eigenvalue weighted by atomic mass is 9.89. The van der Waals surface area contributed by atoms with Crippen LogP contribution in [-0.4, -0.2) is 19.0 Å². The Morgan fingerprint density at radius 3 is 2.71 bits per heavy atom. The van der Waals surface area contributed by atoms with Crippen molar-refractivity contribution in [2.75, 3.05) is 13.1 Å². The van der Waals surface area contributed by atoms with E-state index in [1.807, 2.05) is 0 Å². The summed E-state index contributed by atoms with van der Waals surface area (Å²) in [4.78, 5) is 11.5. The molecule has 1 unspecified atom stereocenters. The van der Waals surface area contributed by atoms with Crippen LogP contribution in [0.1, 0.15) is 55.3 Å². The van der Waals surface area contributed by atoms with E-state index in [9.17, 15) is 4.79 Å². The Morgan fingerprint density at radius 2 is 1.95 bits per heavy atom. The molecule has 1 saturated carbocycles. The van der Waals surface area contributed by atoms with Crippen molar-refractivity contribution in [3.63, 3.8) is 0 Å². The molecule has 1 fully saturated rings. The number of aryl methyl sites for hydroxylation is 2.